The highest BCUT2D eigenvalue weighted by Crippen LogP contribution is 2.30. The Hall–Kier alpha value is -6.93. The second-order valence-corrected chi connectivity index (χ2v) is 24.8. The molecule has 18 nitrogen and oxygen atoms in total. The molecule has 0 saturated carbocycles. The third-order valence-corrected chi connectivity index (χ3v) is 14.6. The van der Waals surface area contributed by atoms with Gasteiger partial charge in [-0.2, -0.15) is 5.10 Å². The van der Waals surface area contributed by atoms with Gasteiger partial charge in [-0.15, -0.1) is 11.8 Å². The zero-order valence-corrected chi connectivity index (χ0v) is 40.1. The highest BCUT2D eigenvalue weighted by atomic mass is 32.2. The molecule has 20 heteroatoms. The Kier molecular flexibility index (Phi) is 16.0. The lowest BCUT2D eigenvalue weighted by Crippen LogP contribution is -2.44. The predicted octanol–water partition coefficient (Wildman–Crippen LogP) is 6.12. The number of likely N-dealkylation sites (tertiary alicyclic amines) is 1. The molecule has 2 aromatic carbocycles. The highest BCUT2D eigenvalue weighted by Gasteiger charge is 2.40. The van der Waals surface area contributed by atoms with E-state index in [4.69, 9.17) is 9.84 Å². The number of nitrogens with zero attached hydrogens (tertiary/aromatic N) is 6. The second kappa shape index (κ2) is 22.2. The lowest BCUT2D eigenvalue weighted by atomic mass is 10.00. The monoisotopic (exact) mass is 961 g/mol. The Morgan fingerprint density at radius 2 is 1.69 bits per heavy atom. The first-order valence-electron chi connectivity index (χ1n) is 22.6. The van der Waals surface area contributed by atoms with Crippen molar-refractivity contribution in [2.75, 3.05) is 30.8 Å². The number of imide groups is 1. The molecule has 0 radical (unpaired) electrons. The molecule has 2 aliphatic heterocycles. The van der Waals surface area contributed by atoms with Crippen LogP contribution in [0.5, 0.6) is 0 Å². The van der Waals surface area contributed by atoms with Gasteiger partial charge in [0.1, 0.15) is 12.6 Å². The number of carbonyl (C=O) groups excluding carboxylic acids is 5. The maximum absolute atomic E-state index is 14.1. The van der Waals surface area contributed by atoms with Crippen LogP contribution in [-0.2, 0) is 43.5 Å². The van der Waals surface area contributed by atoms with Crippen LogP contribution >= 0.6 is 11.8 Å². The SMILES string of the molecule is C[Si](C)(C)CCOC(=O)N[C@@H](CSC1CC(=O)N(CC(=O)NCCCCCCn2nc(-c3ccc(NC(=O)N4Cc5ccncc5C4)cc3)cc(-c3cccc4ncccc34)c2=O)C1=O)C(=O)O. The molecule has 7 rings (SSSR count). The molecule has 4 N–H and O–H groups in total. The Labute approximate surface area is 398 Å². The van der Waals surface area contributed by atoms with Crippen molar-refractivity contribution >= 4 is 72.2 Å². The highest BCUT2D eigenvalue weighted by molar-refractivity contribution is 8.00. The smallest absolute Gasteiger partial charge is 0.407 e. The van der Waals surface area contributed by atoms with E-state index in [1.54, 1.807) is 29.6 Å². The van der Waals surface area contributed by atoms with Gasteiger partial charge in [0.25, 0.3) is 5.56 Å². The molecule has 1 saturated heterocycles. The summed E-state index contributed by atoms with van der Waals surface area (Å²) in [5, 5.41) is 22.4. The molecule has 0 spiro atoms. The average Bonchev–Trinajstić information content (AvgIpc) is 3.87. The average molecular weight is 962 g/mol. The number of aromatic nitrogens is 4. The van der Waals surface area contributed by atoms with E-state index in [0.29, 0.717) is 56.0 Å². The first-order chi connectivity index (χ1) is 32.6. The molecule has 5 heterocycles. The molecule has 5 aromatic rings. The summed E-state index contributed by atoms with van der Waals surface area (Å²) in [6.07, 6.45) is 6.83. The lowest BCUT2D eigenvalue weighted by molar-refractivity contribution is -0.142. The van der Waals surface area contributed by atoms with Gasteiger partial charge in [0.05, 0.1) is 28.6 Å². The molecule has 2 atom stereocenters. The number of carboxylic acids is 1. The van der Waals surface area contributed by atoms with Crippen molar-refractivity contribution in [2.24, 2.45) is 0 Å². The van der Waals surface area contributed by atoms with Gasteiger partial charge in [-0.25, -0.2) is 19.1 Å². The van der Waals surface area contributed by atoms with Crippen molar-refractivity contribution in [2.45, 2.75) is 88.7 Å². The molecule has 1 unspecified atom stereocenters. The molecule has 0 aliphatic carbocycles. The number of nitrogens with one attached hydrogen (secondary N) is 3. The van der Waals surface area contributed by atoms with E-state index in [0.717, 1.165) is 68.7 Å². The summed E-state index contributed by atoms with van der Waals surface area (Å²) < 4.78 is 6.62. The second-order valence-electron chi connectivity index (χ2n) is 17.9. The number of hydrogen-bond donors (Lipinski definition) is 4. The van der Waals surface area contributed by atoms with Gasteiger partial charge in [0.15, 0.2) is 0 Å². The summed E-state index contributed by atoms with van der Waals surface area (Å²) in [4.78, 5) is 101. The van der Waals surface area contributed by atoms with Gasteiger partial charge >= 0.3 is 18.1 Å². The van der Waals surface area contributed by atoms with Gasteiger partial charge in [-0.3, -0.25) is 34.0 Å². The molecular formula is C48H55N9O9SSi. The van der Waals surface area contributed by atoms with Crippen LogP contribution in [-0.4, -0.2) is 115 Å². The number of amides is 6. The Balaban J connectivity index is 0.897. The molecule has 356 valence electrons. The fraction of sp³-hybridized carbons (Fsp3) is 0.375. The number of pyridine rings is 2. The van der Waals surface area contributed by atoms with Crippen LogP contribution in [0.15, 0.2) is 90.1 Å². The first kappa shape index (κ1) is 49.0. The van der Waals surface area contributed by atoms with Gasteiger partial charge < -0.3 is 30.7 Å². The number of carbonyl (C=O) groups is 6. The third kappa shape index (κ3) is 12.7. The third-order valence-electron chi connectivity index (χ3n) is 11.6. The number of anilines is 1. The number of rotatable bonds is 20. The largest absolute Gasteiger partial charge is 0.480 e. The molecule has 0 bridgehead atoms. The number of thioether (sulfide) groups is 1. The van der Waals surface area contributed by atoms with E-state index < -0.39 is 55.7 Å². The number of unbranched alkanes of at least 4 members (excludes halogenated alkanes) is 3. The summed E-state index contributed by atoms with van der Waals surface area (Å²) in [5.74, 6) is -3.11. The van der Waals surface area contributed by atoms with Crippen LogP contribution in [0, 0.1) is 0 Å². The lowest BCUT2D eigenvalue weighted by Gasteiger charge is -2.18. The number of hydrogen-bond acceptors (Lipinski definition) is 12. The number of ether oxygens (including phenoxy) is 1. The minimum atomic E-state index is -1.46. The number of carboxylic acid groups (broad SMARTS) is 1. The van der Waals surface area contributed by atoms with E-state index in [2.05, 4.69) is 45.6 Å². The number of fused-ring (bicyclic) bond motifs is 2. The van der Waals surface area contributed by atoms with E-state index in [1.807, 2.05) is 60.7 Å². The van der Waals surface area contributed by atoms with Crippen molar-refractivity contribution in [1.29, 1.82) is 0 Å². The maximum atomic E-state index is 14.1. The van der Waals surface area contributed by atoms with Crippen molar-refractivity contribution in [3.63, 3.8) is 0 Å². The van der Waals surface area contributed by atoms with Crippen LogP contribution in [0.2, 0.25) is 25.7 Å². The molecule has 2 aliphatic rings. The van der Waals surface area contributed by atoms with Gasteiger partial charge in [0, 0.05) is 81.7 Å². The molecular weight excluding hydrogens is 907 g/mol. The summed E-state index contributed by atoms with van der Waals surface area (Å²) in [6, 6.07) is 19.6. The molecule has 68 heavy (non-hydrogen) atoms. The fourth-order valence-corrected chi connectivity index (χ4v) is 9.69. The molecule has 3 aromatic heterocycles. The number of alkyl carbamates (subject to hydrolysis) is 1. The number of aryl methyl sites for hydroxylation is 1. The predicted molar refractivity (Wildman–Crippen MR) is 260 cm³/mol. The quantitative estimate of drug-likeness (QED) is 0.0391. The van der Waals surface area contributed by atoms with Crippen LogP contribution in [0.1, 0.15) is 43.2 Å². The molecule has 1 fully saturated rings. The minimum Gasteiger partial charge on any atom is -0.480 e. The van der Waals surface area contributed by atoms with Crippen molar-refractivity contribution < 1.29 is 38.6 Å². The summed E-state index contributed by atoms with van der Waals surface area (Å²) in [6.45, 7) is 7.71. The normalized spacial score (nSPS) is 15.0. The number of aliphatic carboxylic acids is 1. The Morgan fingerprint density at radius 1 is 0.912 bits per heavy atom. The molecule has 6 amide bonds. The van der Waals surface area contributed by atoms with Crippen molar-refractivity contribution in [3.8, 4) is 22.4 Å². The standard InChI is InChI=1S/C48H55N9O9SSi/c1-68(2,3)23-22-66-48(65)53-40(46(62)63)30-67-41-25-43(59)56(45(41)61)29-42(58)51-18-6-4-5-7-21-57-44(60)37(35-10-8-12-38-36(35)11-9-19-50-38)24-39(54-57)31-13-15-34(16-14-31)52-47(64)55-27-32-17-20-49-26-33(32)28-55/h8-17,19-20,24,26,40-41H,4-7,18,21-23,25,27-30H2,1-3H3,(H,51,58)(H,52,64)(H,53,65)(H,62,63)/t40-,41?/m0/s1. The van der Waals surface area contributed by atoms with Crippen LogP contribution in [0.25, 0.3) is 33.3 Å². The topological polar surface area (TPSA) is 235 Å². The maximum Gasteiger partial charge on any atom is 0.407 e. The first-order valence-corrected chi connectivity index (χ1v) is 27.3. The zero-order valence-electron chi connectivity index (χ0n) is 38.2. The van der Waals surface area contributed by atoms with Crippen LogP contribution < -0.4 is 21.5 Å². The zero-order chi connectivity index (χ0) is 48.4. The van der Waals surface area contributed by atoms with Crippen molar-refractivity contribution in [1.82, 2.24) is 40.2 Å². The number of benzene rings is 2. The van der Waals surface area contributed by atoms with Gasteiger partial charge in [-0.1, -0.05) is 62.8 Å². The Bertz CT molecular complexity index is 2720. The van der Waals surface area contributed by atoms with Crippen LogP contribution in [0.3, 0.4) is 0 Å². The summed E-state index contributed by atoms with van der Waals surface area (Å²) in [7, 11) is -1.46. The van der Waals surface area contributed by atoms with E-state index in [9.17, 15) is 38.7 Å². The van der Waals surface area contributed by atoms with E-state index >= 15 is 0 Å². The van der Waals surface area contributed by atoms with Gasteiger partial charge in [0.2, 0.25) is 17.7 Å². The fourth-order valence-electron chi connectivity index (χ4n) is 7.79. The summed E-state index contributed by atoms with van der Waals surface area (Å²) in [5.41, 5.74) is 5.76. The number of urea groups is 1. The van der Waals surface area contributed by atoms with Gasteiger partial charge in [-0.05, 0) is 72.0 Å². The van der Waals surface area contributed by atoms with Crippen molar-refractivity contribution in [3.05, 3.63) is 107 Å². The summed E-state index contributed by atoms with van der Waals surface area (Å²) >= 11 is 0.934. The minimum absolute atomic E-state index is 0.174. The van der Waals surface area contributed by atoms with E-state index in [1.165, 1.54) is 4.68 Å². The van der Waals surface area contributed by atoms with E-state index in [-0.39, 0.29) is 30.4 Å². The Morgan fingerprint density at radius 3 is 2.46 bits per heavy atom. The van der Waals surface area contributed by atoms with Crippen LogP contribution in [0.4, 0.5) is 15.3 Å².